The molecular formula is C16H25N5O3. The highest BCUT2D eigenvalue weighted by molar-refractivity contribution is 5.92. The Hall–Kier alpha value is -2.09. The standard InChI is InChI=1S/C16H25N5O3/c1-18-7-9-21(10-8-18)16(23)13-11-15(19(2)17-13)24-12-14(22)20-5-3-4-6-20/h11H,3-10,12H2,1-2H3. The predicted molar refractivity (Wildman–Crippen MR) is 87.9 cm³/mol. The largest absolute Gasteiger partial charge is 0.468 e. The molecule has 8 heteroatoms. The number of rotatable bonds is 4. The molecule has 0 N–H and O–H groups in total. The van der Waals surface area contributed by atoms with Crippen molar-refractivity contribution < 1.29 is 14.3 Å². The number of carbonyl (C=O) groups is 2. The highest BCUT2D eigenvalue weighted by atomic mass is 16.5. The fraction of sp³-hybridized carbons (Fsp3) is 0.688. The van der Waals surface area contributed by atoms with Crippen LogP contribution in [0.2, 0.25) is 0 Å². The lowest BCUT2D eigenvalue weighted by atomic mass is 10.3. The maximum absolute atomic E-state index is 12.5. The van der Waals surface area contributed by atoms with Crippen molar-refractivity contribution in [3.63, 3.8) is 0 Å². The van der Waals surface area contributed by atoms with Crippen molar-refractivity contribution in [1.82, 2.24) is 24.5 Å². The lowest BCUT2D eigenvalue weighted by molar-refractivity contribution is -0.132. The van der Waals surface area contributed by atoms with E-state index in [1.807, 2.05) is 16.8 Å². The molecule has 2 fully saturated rings. The zero-order valence-electron chi connectivity index (χ0n) is 14.4. The summed E-state index contributed by atoms with van der Waals surface area (Å²) in [5, 5.41) is 4.24. The van der Waals surface area contributed by atoms with E-state index in [0.717, 1.165) is 39.0 Å². The number of hydrogen-bond donors (Lipinski definition) is 0. The minimum atomic E-state index is -0.0839. The number of likely N-dealkylation sites (N-methyl/N-ethyl adjacent to an activating group) is 1. The van der Waals surface area contributed by atoms with E-state index in [0.29, 0.717) is 24.7 Å². The van der Waals surface area contributed by atoms with Gasteiger partial charge in [0.1, 0.15) is 0 Å². The van der Waals surface area contributed by atoms with E-state index in [1.165, 1.54) is 4.68 Å². The van der Waals surface area contributed by atoms with E-state index in [2.05, 4.69) is 10.00 Å². The number of amides is 2. The third-order valence-electron chi connectivity index (χ3n) is 4.65. The first-order valence-electron chi connectivity index (χ1n) is 8.47. The Kier molecular flexibility index (Phi) is 5.03. The fourth-order valence-electron chi connectivity index (χ4n) is 3.05. The van der Waals surface area contributed by atoms with E-state index >= 15 is 0 Å². The Morgan fingerprint density at radius 1 is 1.04 bits per heavy atom. The van der Waals surface area contributed by atoms with Gasteiger partial charge in [0.2, 0.25) is 5.88 Å². The van der Waals surface area contributed by atoms with Crippen LogP contribution in [0.25, 0.3) is 0 Å². The molecule has 2 saturated heterocycles. The van der Waals surface area contributed by atoms with Crippen molar-refractivity contribution in [2.75, 3.05) is 52.9 Å². The van der Waals surface area contributed by atoms with Crippen LogP contribution in [0.15, 0.2) is 6.07 Å². The van der Waals surface area contributed by atoms with Crippen molar-refractivity contribution in [3.05, 3.63) is 11.8 Å². The molecule has 1 aromatic heterocycles. The predicted octanol–water partition coefficient (Wildman–Crippen LogP) is -0.191. The quantitative estimate of drug-likeness (QED) is 0.763. The minimum Gasteiger partial charge on any atom is -0.468 e. The van der Waals surface area contributed by atoms with Crippen molar-refractivity contribution in [2.45, 2.75) is 12.8 Å². The molecule has 24 heavy (non-hydrogen) atoms. The van der Waals surface area contributed by atoms with Crippen molar-refractivity contribution in [2.24, 2.45) is 7.05 Å². The molecular weight excluding hydrogens is 310 g/mol. The molecule has 0 bridgehead atoms. The molecule has 0 atom stereocenters. The Labute approximate surface area is 141 Å². The second kappa shape index (κ2) is 7.21. The van der Waals surface area contributed by atoms with Crippen LogP contribution in [-0.4, -0.2) is 89.2 Å². The summed E-state index contributed by atoms with van der Waals surface area (Å²) in [5.74, 6) is 0.347. The molecule has 0 aliphatic carbocycles. The maximum Gasteiger partial charge on any atom is 0.274 e. The Morgan fingerprint density at radius 3 is 2.38 bits per heavy atom. The summed E-state index contributed by atoms with van der Waals surface area (Å²) in [5.41, 5.74) is 0.366. The number of piperazine rings is 1. The van der Waals surface area contributed by atoms with Gasteiger partial charge in [-0.3, -0.25) is 9.59 Å². The second-order valence-corrected chi connectivity index (χ2v) is 6.46. The molecule has 0 radical (unpaired) electrons. The summed E-state index contributed by atoms with van der Waals surface area (Å²) in [6, 6.07) is 1.62. The first-order chi connectivity index (χ1) is 11.5. The zero-order valence-corrected chi connectivity index (χ0v) is 14.4. The molecule has 3 rings (SSSR count). The third kappa shape index (κ3) is 3.69. The van der Waals surface area contributed by atoms with Gasteiger partial charge < -0.3 is 19.4 Å². The van der Waals surface area contributed by atoms with Crippen molar-refractivity contribution in [3.8, 4) is 5.88 Å². The number of aromatic nitrogens is 2. The van der Waals surface area contributed by atoms with E-state index in [9.17, 15) is 9.59 Å². The molecule has 0 unspecified atom stereocenters. The Morgan fingerprint density at radius 2 is 1.71 bits per heavy atom. The summed E-state index contributed by atoms with van der Waals surface area (Å²) in [7, 11) is 3.77. The number of ether oxygens (including phenoxy) is 1. The maximum atomic E-state index is 12.5. The molecule has 1 aromatic rings. The van der Waals surface area contributed by atoms with Gasteiger partial charge in [-0.15, -0.1) is 0 Å². The first kappa shape index (κ1) is 16.8. The van der Waals surface area contributed by atoms with Crippen LogP contribution in [0.4, 0.5) is 0 Å². The summed E-state index contributed by atoms with van der Waals surface area (Å²) in [4.78, 5) is 30.4. The van der Waals surface area contributed by atoms with Gasteiger partial charge in [-0.05, 0) is 19.9 Å². The topological polar surface area (TPSA) is 70.9 Å². The number of likely N-dealkylation sites (tertiary alicyclic amines) is 1. The summed E-state index contributed by atoms with van der Waals surface area (Å²) in [6.07, 6.45) is 2.11. The van der Waals surface area contributed by atoms with Crippen molar-refractivity contribution in [1.29, 1.82) is 0 Å². The molecule has 3 heterocycles. The molecule has 132 valence electrons. The van der Waals surface area contributed by atoms with E-state index in [1.54, 1.807) is 13.1 Å². The molecule has 8 nitrogen and oxygen atoms in total. The molecule has 2 aliphatic heterocycles. The molecule has 2 amide bonds. The van der Waals surface area contributed by atoms with Crippen LogP contribution in [0.1, 0.15) is 23.3 Å². The van der Waals surface area contributed by atoms with Gasteiger partial charge in [0.05, 0.1) is 0 Å². The van der Waals surface area contributed by atoms with E-state index < -0.39 is 0 Å². The van der Waals surface area contributed by atoms with Gasteiger partial charge in [-0.2, -0.15) is 5.10 Å². The monoisotopic (exact) mass is 335 g/mol. The van der Waals surface area contributed by atoms with Crippen LogP contribution in [0, 0.1) is 0 Å². The fourth-order valence-corrected chi connectivity index (χ4v) is 3.05. The van der Waals surface area contributed by atoms with E-state index in [4.69, 9.17) is 4.74 Å². The first-order valence-corrected chi connectivity index (χ1v) is 8.47. The van der Waals surface area contributed by atoms with E-state index in [-0.39, 0.29) is 18.4 Å². The number of carbonyl (C=O) groups excluding carboxylic acids is 2. The number of aryl methyl sites for hydroxylation is 1. The Bertz CT molecular complexity index is 601. The van der Waals surface area contributed by atoms with Crippen LogP contribution >= 0.6 is 0 Å². The van der Waals surface area contributed by atoms with Crippen LogP contribution in [0.5, 0.6) is 5.88 Å². The highest BCUT2D eigenvalue weighted by Gasteiger charge is 2.24. The smallest absolute Gasteiger partial charge is 0.274 e. The number of hydrogen-bond acceptors (Lipinski definition) is 5. The third-order valence-corrected chi connectivity index (χ3v) is 4.65. The molecule has 0 spiro atoms. The average molecular weight is 335 g/mol. The highest BCUT2D eigenvalue weighted by Crippen LogP contribution is 2.15. The van der Waals surface area contributed by atoms with Gasteiger partial charge in [0.25, 0.3) is 11.8 Å². The lowest BCUT2D eigenvalue weighted by Gasteiger charge is -2.31. The van der Waals surface area contributed by atoms with Gasteiger partial charge in [-0.1, -0.05) is 0 Å². The van der Waals surface area contributed by atoms with Crippen LogP contribution < -0.4 is 4.74 Å². The van der Waals surface area contributed by atoms with Gasteiger partial charge >= 0.3 is 0 Å². The van der Waals surface area contributed by atoms with Gasteiger partial charge in [0, 0.05) is 52.4 Å². The normalized spacial score (nSPS) is 18.9. The summed E-state index contributed by atoms with van der Waals surface area (Å²) < 4.78 is 7.09. The zero-order chi connectivity index (χ0) is 17.1. The minimum absolute atomic E-state index is 0.0122. The van der Waals surface area contributed by atoms with Gasteiger partial charge in [-0.25, -0.2) is 4.68 Å². The lowest BCUT2D eigenvalue weighted by Crippen LogP contribution is -2.47. The Balaban J connectivity index is 1.58. The summed E-state index contributed by atoms with van der Waals surface area (Å²) in [6.45, 7) is 4.74. The van der Waals surface area contributed by atoms with Crippen LogP contribution in [0.3, 0.4) is 0 Å². The number of nitrogens with zero attached hydrogens (tertiary/aromatic N) is 5. The average Bonchev–Trinajstić information content (AvgIpc) is 3.23. The SMILES string of the molecule is CN1CCN(C(=O)c2cc(OCC(=O)N3CCCC3)n(C)n2)CC1. The molecule has 0 saturated carbocycles. The molecule has 0 aromatic carbocycles. The summed E-state index contributed by atoms with van der Waals surface area (Å²) >= 11 is 0. The van der Waals surface area contributed by atoms with Crippen LogP contribution in [-0.2, 0) is 11.8 Å². The second-order valence-electron chi connectivity index (χ2n) is 6.46. The van der Waals surface area contributed by atoms with Crippen molar-refractivity contribution >= 4 is 11.8 Å². The van der Waals surface area contributed by atoms with Gasteiger partial charge in [0.15, 0.2) is 12.3 Å². The molecule has 2 aliphatic rings.